The summed E-state index contributed by atoms with van der Waals surface area (Å²) < 4.78 is 1.39. The Morgan fingerprint density at radius 1 is 1.57 bits per heavy atom. The third-order valence-corrected chi connectivity index (χ3v) is 2.85. The first kappa shape index (κ1) is 14.3. The third-order valence-electron chi connectivity index (χ3n) is 2.85. The Morgan fingerprint density at radius 2 is 2.33 bits per heavy atom. The van der Waals surface area contributed by atoms with Crippen molar-refractivity contribution in [3.05, 3.63) is 29.8 Å². The Hall–Kier alpha value is -3.07. The summed E-state index contributed by atoms with van der Waals surface area (Å²) in [7, 11) is 0. The first-order chi connectivity index (χ1) is 10.1. The molecule has 3 N–H and O–H groups in total. The van der Waals surface area contributed by atoms with Gasteiger partial charge in [0.2, 0.25) is 5.91 Å². The molecule has 1 heterocycles. The zero-order valence-electron chi connectivity index (χ0n) is 11.5. The molecule has 0 spiro atoms. The molecule has 0 aliphatic carbocycles. The highest BCUT2D eigenvalue weighted by atomic mass is 16.1. The van der Waals surface area contributed by atoms with E-state index in [0.717, 1.165) is 0 Å². The molecule has 0 aliphatic heterocycles. The topological polar surface area (TPSA) is 90.0 Å². The number of carbonyl (C=O) groups is 2. The van der Waals surface area contributed by atoms with E-state index in [-0.39, 0.29) is 23.8 Å². The summed E-state index contributed by atoms with van der Waals surface area (Å²) in [5.74, 6) is 2.47. The first-order valence-electron chi connectivity index (χ1n) is 6.19. The van der Waals surface area contributed by atoms with Crippen LogP contribution in [0.1, 0.15) is 17.3 Å². The number of anilines is 2. The summed E-state index contributed by atoms with van der Waals surface area (Å²) in [6.07, 6.45) is 5.89. The summed E-state index contributed by atoms with van der Waals surface area (Å²) in [6, 6.07) is 7.00. The SMILES string of the molecule is C#CCn1nc(-c2cccc(NC(C)=O)c2)c(C=O)c1N. The molecule has 0 atom stereocenters. The molecular weight excluding hydrogens is 268 g/mol. The van der Waals surface area contributed by atoms with Crippen LogP contribution in [0.5, 0.6) is 0 Å². The van der Waals surface area contributed by atoms with Crippen molar-refractivity contribution in [2.75, 3.05) is 11.1 Å². The molecule has 2 aromatic rings. The number of nitrogens with zero attached hydrogens (tertiary/aromatic N) is 2. The number of hydrogen-bond donors (Lipinski definition) is 2. The Balaban J connectivity index is 2.51. The molecule has 21 heavy (non-hydrogen) atoms. The second-order valence-electron chi connectivity index (χ2n) is 4.39. The largest absolute Gasteiger partial charge is 0.383 e. The van der Waals surface area contributed by atoms with E-state index in [9.17, 15) is 9.59 Å². The van der Waals surface area contributed by atoms with Gasteiger partial charge in [0.05, 0.1) is 5.56 Å². The molecule has 0 radical (unpaired) electrons. The minimum Gasteiger partial charge on any atom is -0.383 e. The summed E-state index contributed by atoms with van der Waals surface area (Å²) in [5.41, 5.74) is 7.86. The molecule has 6 nitrogen and oxygen atoms in total. The van der Waals surface area contributed by atoms with Crippen molar-refractivity contribution in [2.45, 2.75) is 13.5 Å². The number of carbonyl (C=O) groups excluding carboxylic acids is 2. The van der Waals surface area contributed by atoms with Gasteiger partial charge in [-0.15, -0.1) is 6.42 Å². The molecule has 1 amide bonds. The normalized spacial score (nSPS) is 9.90. The van der Waals surface area contributed by atoms with E-state index < -0.39 is 0 Å². The van der Waals surface area contributed by atoms with E-state index in [2.05, 4.69) is 16.3 Å². The van der Waals surface area contributed by atoms with Gasteiger partial charge in [0.25, 0.3) is 0 Å². The lowest BCUT2D eigenvalue weighted by molar-refractivity contribution is -0.114. The number of amides is 1. The summed E-state index contributed by atoms with van der Waals surface area (Å²) in [6.45, 7) is 1.60. The lowest BCUT2D eigenvalue weighted by Crippen LogP contribution is -2.05. The maximum atomic E-state index is 11.2. The minimum atomic E-state index is -0.180. The number of terminal acetylenes is 1. The highest BCUT2D eigenvalue weighted by Crippen LogP contribution is 2.27. The van der Waals surface area contributed by atoms with Crippen LogP contribution in [0.15, 0.2) is 24.3 Å². The van der Waals surface area contributed by atoms with Gasteiger partial charge in [0.1, 0.15) is 18.1 Å². The van der Waals surface area contributed by atoms with Crippen molar-refractivity contribution < 1.29 is 9.59 Å². The van der Waals surface area contributed by atoms with Crippen molar-refractivity contribution in [3.8, 4) is 23.6 Å². The number of benzene rings is 1. The van der Waals surface area contributed by atoms with Gasteiger partial charge in [-0.3, -0.25) is 9.59 Å². The van der Waals surface area contributed by atoms with Crippen LogP contribution in [0, 0.1) is 12.3 Å². The van der Waals surface area contributed by atoms with E-state index in [1.165, 1.54) is 11.6 Å². The predicted molar refractivity (Wildman–Crippen MR) is 80.6 cm³/mol. The Kier molecular flexibility index (Phi) is 4.05. The highest BCUT2D eigenvalue weighted by molar-refractivity contribution is 5.93. The van der Waals surface area contributed by atoms with Gasteiger partial charge < -0.3 is 11.1 Å². The van der Waals surface area contributed by atoms with Crippen molar-refractivity contribution >= 4 is 23.7 Å². The highest BCUT2D eigenvalue weighted by Gasteiger charge is 2.16. The van der Waals surface area contributed by atoms with Gasteiger partial charge in [0.15, 0.2) is 6.29 Å². The Bertz CT molecular complexity index is 741. The zero-order chi connectivity index (χ0) is 15.4. The van der Waals surface area contributed by atoms with Crippen LogP contribution in [-0.4, -0.2) is 22.0 Å². The molecular formula is C15H14N4O2. The lowest BCUT2D eigenvalue weighted by atomic mass is 10.1. The van der Waals surface area contributed by atoms with E-state index in [1.54, 1.807) is 24.3 Å². The molecule has 1 aromatic heterocycles. The first-order valence-corrected chi connectivity index (χ1v) is 6.19. The lowest BCUT2D eigenvalue weighted by Gasteiger charge is -2.04. The smallest absolute Gasteiger partial charge is 0.221 e. The standard InChI is InChI=1S/C15H14N4O2/c1-3-7-19-15(16)13(9-20)14(18-19)11-5-4-6-12(8-11)17-10(2)21/h1,4-6,8-9H,7,16H2,2H3,(H,17,21). The van der Waals surface area contributed by atoms with Crippen LogP contribution in [0.2, 0.25) is 0 Å². The number of rotatable bonds is 4. The number of aromatic nitrogens is 2. The fourth-order valence-electron chi connectivity index (χ4n) is 1.97. The molecule has 0 aliphatic rings. The number of nitrogens with two attached hydrogens (primary N) is 1. The second-order valence-corrected chi connectivity index (χ2v) is 4.39. The number of nitrogens with one attached hydrogen (secondary N) is 1. The number of aldehydes is 1. The third kappa shape index (κ3) is 2.92. The zero-order valence-corrected chi connectivity index (χ0v) is 11.5. The minimum absolute atomic E-state index is 0.179. The Morgan fingerprint density at radius 3 is 2.95 bits per heavy atom. The molecule has 6 heteroatoms. The summed E-state index contributed by atoms with van der Waals surface area (Å²) in [5, 5.41) is 6.94. The average molecular weight is 282 g/mol. The molecule has 1 aromatic carbocycles. The maximum absolute atomic E-state index is 11.2. The van der Waals surface area contributed by atoms with Gasteiger partial charge in [-0.05, 0) is 12.1 Å². The van der Waals surface area contributed by atoms with Crippen LogP contribution >= 0.6 is 0 Å². The van der Waals surface area contributed by atoms with E-state index in [1.807, 2.05) is 0 Å². The van der Waals surface area contributed by atoms with Crippen LogP contribution in [0.3, 0.4) is 0 Å². The molecule has 0 fully saturated rings. The van der Waals surface area contributed by atoms with Crippen molar-refractivity contribution in [1.29, 1.82) is 0 Å². The van der Waals surface area contributed by atoms with E-state index in [0.29, 0.717) is 23.2 Å². The van der Waals surface area contributed by atoms with E-state index >= 15 is 0 Å². The quantitative estimate of drug-likeness (QED) is 0.657. The molecule has 0 saturated heterocycles. The molecule has 0 saturated carbocycles. The number of nitrogen functional groups attached to an aromatic ring is 1. The van der Waals surface area contributed by atoms with Crippen LogP contribution in [0.4, 0.5) is 11.5 Å². The molecule has 106 valence electrons. The number of hydrogen-bond acceptors (Lipinski definition) is 4. The summed E-state index contributed by atoms with van der Waals surface area (Å²) in [4.78, 5) is 22.3. The fraction of sp³-hybridized carbons (Fsp3) is 0.133. The second kappa shape index (κ2) is 5.92. The van der Waals surface area contributed by atoms with Gasteiger partial charge >= 0.3 is 0 Å². The Labute approximate surface area is 121 Å². The van der Waals surface area contributed by atoms with Crippen molar-refractivity contribution in [2.24, 2.45) is 0 Å². The van der Waals surface area contributed by atoms with Gasteiger partial charge in [-0.1, -0.05) is 18.1 Å². The van der Waals surface area contributed by atoms with Crippen LogP contribution in [-0.2, 0) is 11.3 Å². The fourth-order valence-corrected chi connectivity index (χ4v) is 1.97. The van der Waals surface area contributed by atoms with Gasteiger partial charge in [-0.2, -0.15) is 5.10 Å². The molecule has 2 rings (SSSR count). The summed E-state index contributed by atoms with van der Waals surface area (Å²) >= 11 is 0. The average Bonchev–Trinajstić information content (AvgIpc) is 2.75. The molecule has 0 unspecified atom stereocenters. The monoisotopic (exact) mass is 282 g/mol. The van der Waals surface area contributed by atoms with Crippen molar-refractivity contribution in [3.63, 3.8) is 0 Å². The molecule has 0 bridgehead atoms. The van der Waals surface area contributed by atoms with E-state index in [4.69, 9.17) is 12.2 Å². The van der Waals surface area contributed by atoms with Crippen LogP contribution < -0.4 is 11.1 Å². The predicted octanol–water partition coefficient (Wildman–Crippen LogP) is 1.54. The van der Waals surface area contributed by atoms with Gasteiger partial charge in [-0.25, -0.2) is 4.68 Å². The maximum Gasteiger partial charge on any atom is 0.221 e. The van der Waals surface area contributed by atoms with Crippen molar-refractivity contribution in [1.82, 2.24) is 9.78 Å². The van der Waals surface area contributed by atoms with Crippen LogP contribution in [0.25, 0.3) is 11.3 Å². The van der Waals surface area contributed by atoms with Gasteiger partial charge in [0, 0.05) is 18.2 Å².